The lowest BCUT2D eigenvalue weighted by Gasteiger charge is -2.41. The number of thioether (sulfide) groups is 1. The second-order valence-electron chi connectivity index (χ2n) is 4.76. The number of likely N-dealkylation sites (tertiary alicyclic amines) is 1. The summed E-state index contributed by atoms with van der Waals surface area (Å²) in [5.74, 6) is 0.448. The van der Waals surface area contributed by atoms with Crippen LogP contribution in [0.3, 0.4) is 0 Å². The zero-order chi connectivity index (χ0) is 13.8. The molecule has 0 saturated carbocycles. The summed E-state index contributed by atoms with van der Waals surface area (Å²) in [7, 11) is 0. The van der Waals surface area contributed by atoms with Crippen LogP contribution in [0, 0.1) is 11.8 Å². The van der Waals surface area contributed by atoms with Crippen LogP contribution in [0.5, 0.6) is 0 Å². The molecule has 0 spiro atoms. The molecule has 1 aromatic heterocycles. The van der Waals surface area contributed by atoms with Gasteiger partial charge in [-0.05, 0) is 11.4 Å². The van der Waals surface area contributed by atoms with Gasteiger partial charge in [0.2, 0.25) is 5.91 Å². The topological polar surface area (TPSA) is 57.6 Å². The molecule has 0 aliphatic carbocycles. The van der Waals surface area contributed by atoms with Gasteiger partial charge in [0.25, 0.3) is 0 Å². The van der Waals surface area contributed by atoms with E-state index in [9.17, 15) is 9.59 Å². The first-order valence-electron chi connectivity index (χ1n) is 6.18. The second-order valence-corrected chi connectivity index (χ2v) is 6.78. The molecule has 0 aromatic carbocycles. The van der Waals surface area contributed by atoms with E-state index in [-0.39, 0.29) is 17.7 Å². The fraction of sp³-hybridized carbons (Fsp3) is 0.538. The number of thiophene rings is 1. The van der Waals surface area contributed by atoms with Gasteiger partial charge in [0, 0.05) is 29.6 Å². The Kier molecular flexibility index (Phi) is 4.87. The summed E-state index contributed by atoms with van der Waals surface area (Å²) in [4.78, 5) is 25.7. The number of carboxylic acids is 1. The number of hydrogen-bond donors (Lipinski definition) is 1. The van der Waals surface area contributed by atoms with Gasteiger partial charge < -0.3 is 10.0 Å². The Balaban J connectivity index is 1.65. The molecule has 1 saturated heterocycles. The fourth-order valence-electron chi connectivity index (χ4n) is 1.96. The minimum absolute atomic E-state index is 0.115. The molecule has 1 aromatic rings. The molecule has 1 amide bonds. The van der Waals surface area contributed by atoms with Gasteiger partial charge in [-0.15, -0.1) is 23.1 Å². The van der Waals surface area contributed by atoms with Gasteiger partial charge in [-0.3, -0.25) is 9.59 Å². The van der Waals surface area contributed by atoms with E-state index in [1.807, 2.05) is 11.4 Å². The first kappa shape index (κ1) is 14.4. The van der Waals surface area contributed by atoms with Crippen LogP contribution < -0.4 is 0 Å². The number of carbonyl (C=O) groups excluding carboxylic acids is 1. The number of rotatable bonds is 6. The van der Waals surface area contributed by atoms with Crippen LogP contribution in [-0.4, -0.2) is 40.7 Å². The van der Waals surface area contributed by atoms with Crippen molar-refractivity contribution in [3.8, 4) is 0 Å². The van der Waals surface area contributed by atoms with Gasteiger partial charge >= 0.3 is 5.97 Å². The van der Waals surface area contributed by atoms with Gasteiger partial charge in [0.1, 0.15) is 0 Å². The first-order chi connectivity index (χ1) is 9.08. The third-order valence-corrected chi connectivity index (χ3v) is 5.43. The van der Waals surface area contributed by atoms with E-state index < -0.39 is 5.97 Å². The molecule has 1 aliphatic heterocycles. The third-order valence-electron chi connectivity index (χ3n) is 3.41. The molecule has 4 nitrogen and oxygen atoms in total. The third kappa shape index (κ3) is 3.73. The van der Waals surface area contributed by atoms with Gasteiger partial charge in [0.05, 0.1) is 11.7 Å². The maximum atomic E-state index is 11.9. The zero-order valence-electron chi connectivity index (χ0n) is 10.7. The normalized spacial score (nSPS) is 17.0. The standard InChI is InChI=1S/C13H17NO3S2/c1-9(13(16)17)10-5-14(6-10)12(15)8-18-7-11-3-2-4-19-11/h2-4,9-10H,5-8H2,1H3,(H,16,17). The summed E-state index contributed by atoms with van der Waals surface area (Å²) in [5.41, 5.74) is 0. The van der Waals surface area contributed by atoms with E-state index in [0.717, 1.165) is 5.75 Å². The molecule has 19 heavy (non-hydrogen) atoms. The van der Waals surface area contributed by atoms with Gasteiger partial charge in [-0.2, -0.15) is 0 Å². The van der Waals surface area contributed by atoms with Crippen molar-refractivity contribution in [1.82, 2.24) is 4.90 Å². The SMILES string of the molecule is CC(C(=O)O)C1CN(C(=O)CSCc2cccs2)C1. The van der Waals surface area contributed by atoms with Gasteiger partial charge in [-0.1, -0.05) is 13.0 Å². The average molecular weight is 299 g/mol. The smallest absolute Gasteiger partial charge is 0.306 e. The highest BCUT2D eigenvalue weighted by atomic mass is 32.2. The summed E-state index contributed by atoms with van der Waals surface area (Å²) in [6.45, 7) is 2.89. The predicted octanol–water partition coefficient (Wildman–Crippen LogP) is 2.16. The number of hydrogen-bond acceptors (Lipinski definition) is 4. The number of carbonyl (C=O) groups is 2. The van der Waals surface area contributed by atoms with Crippen molar-refractivity contribution >= 4 is 35.0 Å². The molecule has 1 aliphatic rings. The lowest BCUT2D eigenvalue weighted by molar-refractivity contribution is -0.149. The van der Waals surface area contributed by atoms with Crippen molar-refractivity contribution in [3.05, 3.63) is 22.4 Å². The number of aliphatic carboxylic acids is 1. The molecule has 1 atom stereocenters. The van der Waals surface area contributed by atoms with E-state index >= 15 is 0 Å². The van der Waals surface area contributed by atoms with Crippen LogP contribution in [0.1, 0.15) is 11.8 Å². The quantitative estimate of drug-likeness (QED) is 0.874. The van der Waals surface area contributed by atoms with E-state index in [4.69, 9.17) is 5.11 Å². The molecule has 104 valence electrons. The van der Waals surface area contributed by atoms with Crippen molar-refractivity contribution in [2.75, 3.05) is 18.8 Å². The molecule has 2 heterocycles. The van der Waals surface area contributed by atoms with E-state index in [1.54, 1.807) is 34.9 Å². The Morgan fingerprint density at radius 2 is 2.32 bits per heavy atom. The summed E-state index contributed by atoms with van der Waals surface area (Å²) in [6.07, 6.45) is 0. The number of amides is 1. The van der Waals surface area contributed by atoms with E-state index in [0.29, 0.717) is 18.8 Å². The van der Waals surface area contributed by atoms with Crippen LogP contribution >= 0.6 is 23.1 Å². The average Bonchev–Trinajstić information content (AvgIpc) is 2.79. The Bertz CT molecular complexity index is 441. The number of nitrogens with zero attached hydrogens (tertiary/aromatic N) is 1. The largest absolute Gasteiger partial charge is 0.481 e. The van der Waals surface area contributed by atoms with Crippen molar-refractivity contribution in [1.29, 1.82) is 0 Å². The molecule has 1 unspecified atom stereocenters. The highest BCUT2D eigenvalue weighted by Gasteiger charge is 2.36. The molecule has 2 rings (SSSR count). The molecule has 1 N–H and O–H groups in total. The minimum atomic E-state index is -0.774. The summed E-state index contributed by atoms with van der Waals surface area (Å²) in [6, 6.07) is 4.08. The highest BCUT2D eigenvalue weighted by Crippen LogP contribution is 2.25. The van der Waals surface area contributed by atoms with Crippen molar-refractivity contribution in [2.24, 2.45) is 11.8 Å². The zero-order valence-corrected chi connectivity index (χ0v) is 12.4. The lowest BCUT2D eigenvalue weighted by Crippen LogP contribution is -2.54. The summed E-state index contributed by atoms with van der Waals surface area (Å²) < 4.78 is 0. The maximum absolute atomic E-state index is 11.9. The van der Waals surface area contributed by atoms with Crippen LogP contribution in [0.4, 0.5) is 0 Å². The monoisotopic (exact) mass is 299 g/mol. The number of carboxylic acid groups (broad SMARTS) is 1. The molecule has 0 radical (unpaired) electrons. The summed E-state index contributed by atoms with van der Waals surface area (Å²) >= 11 is 3.31. The first-order valence-corrected chi connectivity index (χ1v) is 8.22. The summed E-state index contributed by atoms with van der Waals surface area (Å²) in [5, 5.41) is 10.9. The highest BCUT2D eigenvalue weighted by molar-refractivity contribution is 7.99. The van der Waals surface area contributed by atoms with Gasteiger partial charge in [-0.25, -0.2) is 0 Å². The van der Waals surface area contributed by atoms with Crippen molar-refractivity contribution in [3.63, 3.8) is 0 Å². The Morgan fingerprint density at radius 1 is 1.58 bits per heavy atom. The second kappa shape index (κ2) is 6.43. The molecular formula is C13H17NO3S2. The van der Waals surface area contributed by atoms with Crippen LogP contribution in [0.15, 0.2) is 17.5 Å². The molecular weight excluding hydrogens is 282 g/mol. The maximum Gasteiger partial charge on any atom is 0.306 e. The van der Waals surface area contributed by atoms with Crippen LogP contribution in [-0.2, 0) is 15.3 Å². The van der Waals surface area contributed by atoms with Crippen LogP contribution in [0.25, 0.3) is 0 Å². The van der Waals surface area contributed by atoms with E-state index in [2.05, 4.69) is 6.07 Å². The molecule has 6 heteroatoms. The Morgan fingerprint density at radius 3 is 2.89 bits per heavy atom. The Hall–Kier alpha value is -1.01. The lowest BCUT2D eigenvalue weighted by atomic mass is 9.87. The van der Waals surface area contributed by atoms with Crippen molar-refractivity contribution < 1.29 is 14.7 Å². The minimum Gasteiger partial charge on any atom is -0.481 e. The molecule has 0 bridgehead atoms. The van der Waals surface area contributed by atoms with Crippen molar-refractivity contribution in [2.45, 2.75) is 12.7 Å². The van der Waals surface area contributed by atoms with Crippen LogP contribution in [0.2, 0.25) is 0 Å². The fourth-order valence-corrected chi connectivity index (χ4v) is 3.73. The predicted molar refractivity (Wildman–Crippen MR) is 77.4 cm³/mol. The molecule has 1 fully saturated rings. The Labute approximate surface area is 120 Å². The van der Waals surface area contributed by atoms with E-state index in [1.165, 1.54) is 4.88 Å². The van der Waals surface area contributed by atoms with Gasteiger partial charge in [0.15, 0.2) is 0 Å².